The summed E-state index contributed by atoms with van der Waals surface area (Å²) in [6.07, 6.45) is -4.62. The molecule has 0 aromatic rings. The molecule has 0 saturated heterocycles. The number of carbonyl (C=O) groups is 1. The zero-order valence-corrected chi connectivity index (χ0v) is 9.84. The molecule has 0 spiro atoms. The predicted molar refractivity (Wildman–Crippen MR) is 57.1 cm³/mol. The third-order valence-electron chi connectivity index (χ3n) is 2.32. The number of halogens is 2. The van der Waals surface area contributed by atoms with Crippen molar-refractivity contribution in [2.45, 2.75) is 45.8 Å². The van der Waals surface area contributed by atoms with E-state index in [2.05, 4.69) is 5.32 Å². The topological polar surface area (TPSA) is 75.4 Å². The van der Waals surface area contributed by atoms with Gasteiger partial charge in [0.15, 0.2) is 0 Å². The maximum atomic E-state index is 11.9. The Morgan fingerprint density at radius 1 is 1.44 bits per heavy atom. The lowest BCUT2D eigenvalue weighted by Gasteiger charge is -2.26. The first-order valence-corrected chi connectivity index (χ1v) is 5.13. The fourth-order valence-corrected chi connectivity index (χ4v) is 0.886. The van der Waals surface area contributed by atoms with Gasteiger partial charge in [0.2, 0.25) is 5.91 Å². The summed E-state index contributed by atoms with van der Waals surface area (Å²) < 4.78 is 23.8. The van der Waals surface area contributed by atoms with E-state index in [9.17, 15) is 13.6 Å². The highest BCUT2D eigenvalue weighted by molar-refractivity contribution is 5.76. The zero-order valence-electron chi connectivity index (χ0n) is 9.84. The van der Waals surface area contributed by atoms with Crippen LogP contribution in [0.25, 0.3) is 0 Å². The lowest BCUT2D eigenvalue weighted by atomic mass is 9.85. The van der Waals surface area contributed by atoms with Crippen LogP contribution < -0.4 is 11.1 Å². The molecule has 2 unspecified atom stereocenters. The van der Waals surface area contributed by atoms with Gasteiger partial charge in [-0.1, -0.05) is 20.8 Å². The van der Waals surface area contributed by atoms with E-state index in [-0.39, 0.29) is 17.9 Å². The highest BCUT2D eigenvalue weighted by atomic mass is 19.3. The molecule has 0 rings (SSSR count). The first-order chi connectivity index (χ1) is 7.14. The molecule has 96 valence electrons. The molecule has 0 saturated carbocycles. The second kappa shape index (κ2) is 6.10. The Balaban J connectivity index is 3.92. The Hall–Kier alpha value is -0.750. The SMILES string of the molecule is CC(C)(C)C(N)CC(=O)NCC(O)C(F)F. The predicted octanol–water partition coefficient (Wildman–Crippen LogP) is 0.492. The molecule has 0 aliphatic heterocycles. The summed E-state index contributed by atoms with van der Waals surface area (Å²) in [6.45, 7) is 5.21. The summed E-state index contributed by atoms with van der Waals surface area (Å²) in [5.74, 6) is -0.429. The van der Waals surface area contributed by atoms with E-state index in [1.54, 1.807) is 0 Å². The van der Waals surface area contributed by atoms with E-state index in [1.807, 2.05) is 20.8 Å². The number of amides is 1. The van der Waals surface area contributed by atoms with Gasteiger partial charge >= 0.3 is 0 Å². The number of rotatable bonds is 5. The molecule has 0 aliphatic carbocycles. The summed E-state index contributed by atoms with van der Waals surface area (Å²) in [4.78, 5) is 11.3. The van der Waals surface area contributed by atoms with E-state index >= 15 is 0 Å². The first-order valence-electron chi connectivity index (χ1n) is 5.13. The zero-order chi connectivity index (χ0) is 12.9. The summed E-state index contributed by atoms with van der Waals surface area (Å²) in [5.41, 5.74) is 5.52. The van der Waals surface area contributed by atoms with Crippen molar-refractivity contribution in [2.24, 2.45) is 11.1 Å². The fourth-order valence-electron chi connectivity index (χ4n) is 0.886. The molecule has 0 aromatic carbocycles. The third-order valence-corrected chi connectivity index (χ3v) is 2.32. The van der Waals surface area contributed by atoms with Gasteiger partial charge in [-0.15, -0.1) is 0 Å². The van der Waals surface area contributed by atoms with Gasteiger partial charge in [0.1, 0.15) is 6.10 Å². The van der Waals surface area contributed by atoms with Crippen LogP contribution in [0.2, 0.25) is 0 Å². The average molecular weight is 238 g/mol. The number of nitrogens with two attached hydrogens (primary N) is 1. The molecule has 6 heteroatoms. The molecule has 0 aromatic heterocycles. The van der Waals surface area contributed by atoms with Crippen molar-refractivity contribution in [3.05, 3.63) is 0 Å². The number of alkyl halides is 2. The van der Waals surface area contributed by atoms with Gasteiger partial charge in [0, 0.05) is 19.0 Å². The minimum atomic E-state index is -2.85. The van der Waals surface area contributed by atoms with Crippen molar-refractivity contribution >= 4 is 5.91 Å². The normalized spacial score (nSPS) is 16.0. The minimum Gasteiger partial charge on any atom is -0.385 e. The number of hydrogen-bond acceptors (Lipinski definition) is 3. The van der Waals surface area contributed by atoms with E-state index in [1.165, 1.54) is 0 Å². The van der Waals surface area contributed by atoms with Crippen molar-refractivity contribution in [2.75, 3.05) is 6.54 Å². The summed E-state index contributed by atoms with van der Waals surface area (Å²) >= 11 is 0. The van der Waals surface area contributed by atoms with Gasteiger partial charge in [0.05, 0.1) is 0 Å². The second-order valence-corrected chi connectivity index (χ2v) is 4.88. The maximum absolute atomic E-state index is 11.9. The molecule has 16 heavy (non-hydrogen) atoms. The van der Waals surface area contributed by atoms with E-state index in [0.717, 1.165) is 0 Å². The number of hydrogen-bond donors (Lipinski definition) is 3. The molecular formula is C10H20F2N2O2. The van der Waals surface area contributed by atoms with Gasteiger partial charge in [-0.05, 0) is 5.41 Å². The number of carbonyl (C=O) groups excluding carboxylic acids is 1. The van der Waals surface area contributed by atoms with Gasteiger partial charge in [-0.3, -0.25) is 4.79 Å². The number of aliphatic hydroxyl groups excluding tert-OH is 1. The monoisotopic (exact) mass is 238 g/mol. The highest BCUT2D eigenvalue weighted by Gasteiger charge is 2.24. The lowest BCUT2D eigenvalue weighted by Crippen LogP contribution is -2.42. The fraction of sp³-hybridized carbons (Fsp3) is 0.900. The molecule has 2 atom stereocenters. The molecule has 0 heterocycles. The molecule has 0 radical (unpaired) electrons. The van der Waals surface area contributed by atoms with Gasteiger partial charge in [-0.25, -0.2) is 8.78 Å². The average Bonchev–Trinajstić information content (AvgIpc) is 2.12. The molecular weight excluding hydrogens is 218 g/mol. The summed E-state index contributed by atoms with van der Waals surface area (Å²) in [6, 6.07) is -0.351. The Bertz CT molecular complexity index is 229. The molecule has 0 fully saturated rings. The largest absolute Gasteiger partial charge is 0.385 e. The van der Waals surface area contributed by atoms with Crippen LogP contribution in [0.15, 0.2) is 0 Å². The van der Waals surface area contributed by atoms with Crippen molar-refractivity contribution in [1.82, 2.24) is 5.32 Å². The number of nitrogens with one attached hydrogen (secondary N) is 1. The van der Waals surface area contributed by atoms with E-state index in [0.29, 0.717) is 0 Å². The Morgan fingerprint density at radius 3 is 2.31 bits per heavy atom. The number of aliphatic hydroxyl groups is 1. The highest BCUT2D eigenvalue weighted by Crippen LogP contribution is 2.19. The molecule has 0 aliphatic rings. The van der Waals surface area contributed by atoms with Crippen LogP contribution in [-0.4, -0.2) is 36.1 Å². The van der Waals surface area contributed by atoms with Crippen molar-refractivity contribution in [1.29, 1.82) is 0 Å². The van der Waals surface area contributed by atoms with Crippen LogP contribution in [0, 0.1) is 5.41 Å². The van der Waals surface area contributed by atoms with E-state index in [4.69, 9.17) is 10.8 Å². The Kier molecular flexibility index (Phi) is 5.81. The van der Waals surface area contributed by atoms with Crippen molar-refractivity contribution in [3.8, 4) is 0 Å². The third kappa shape index (κ3) is 5.97. The second-order valence-electron chi connectivity index (χ2n) is 4.88. The summed E-state index contributed by atoms with van der Waals surface area (Å²) in [5, 5.41) is 11.0. The maximum Gasteiger partial charge on any atom is 0.265 e. The van der Waals surface area contributed by atoms with Crippen LogP contribution in [-0.2, 0) is 4.79 Å². The van der Waals surface area contributed by atoms with Crippen LogP contribution in [0.5, 0.6) is 0 Å². The van der Waals surface area contributed by atoms with E-state index < -0.39 is 25.0 Å². The Labute approximate surface area is 94.2 Å². The summed E-state index contributed by atoms with van der Waals surface area (Å²) in [7, 11) is 0. The quantitative estimate of drug-likeness (QED) is 0.652. The Morgan fingerprint density at radius 2 is 1.94 bits per heavy atom. The van der Waals surface area contributed by atoms with Crippen LogP contribution in [0.3, 0.4) is 0 Å². The smallest absolute Gasteiger partial charge is 0.265 e. The lowest BCUT2D eigenvalue weighted by molar-refractivity contribution is -0.123. The van der Waals surface area contributed by atoms with Gasteiger partial charge in [-0.2, -0.15) is 0 Å². The minimum absolute atomic E-state index is 0.0550. The van der Waals surface area contributed by atoms with Crippen LogP contribution >= 0.6 is 0 Å². The molecule has 0 bridgehead atoms. The van der Waals surface area contributed by atoms with Crippen LogP contribution in [0.1, 0.15) is 27.2 Å². The van der Waals surface area contributed by atoms with Crippen molar-refractivity contribution in [3.63, 3.8) is 0 Å². The standard InChI is InChI=1S/C10H20F2N2O2/c1-10(2,3)7(13)4-8(16)14-5-6(15)9(11)12/h6-7,9,15H,4-5,13H2,1-3H3,(H,14,16). The van der Waals surface area contributed by atoms with Crippen molar-refractivity contribution < 1.29 is 18.7 Å². The first kappa shape index (κ1) is 15.2. The molecule has 1 amide bonds. The van der Waals surface area contributed by atoms with Gasteiger partial charge in [0.25, 0.3) is 6.43 Å². The molecule has 4 nitrogen and oxygen atoms in total. The molecule has 4 N–H and O–H groups in total. The van der Waals surface area contributed by atoms with Gasteiger partial charge < -0.3 is 16.2 Å². The van der Waals surface area contributed by atoms with Crippen LogP contribution in [0.4, 0.5) is 8.78 Å².